The number of nitriles is 1. The Kier molecular flexibility index (Phi) is 5.32. The first-order valence-corrected chi connectivity index (χ1v) is 11.5. The lowest BCUT2D eigenvalue weighted by Gasteiger charge is -2.62. The van der Waals surface area contributed by atoms with Crippen molar-refractivity contribution in [2.75, 3.05) is 18.4 Å². The molecule has 5 aliphatic rings. The Morgan fingerprint density at radius 2 is 1.82 bits per heavy atom. The quantitative estimate of drug-likeness (QED) is 0.620. The third-order valence-corrected chi connectivity index (χ3v) is 7.90. The van der Waals surface area contributed by atoms with Gasteiger partial charge < -0.3 is 15.5 Å². The molecule has 4 bridgehead atoms. The number of pyridine rings is 1. The number of amides is 1. The normalized spacial score (nSPS) is 35.9. The third kappa shape index (κ3) is 4.32. The largest absolute Gasteiger partial charge is 0.417 e. The van der Waals surface area contributed by atoms with Crippen LogP contribution in [0, 0.1) is 23.2 Å². The summed E-state index contributed by atoms with van der Waals surface area (Å²) in [6.07, 6.45) is 0.937. The number of alkyl halides is 5. The lowest BCUT2D eigenvalue weighted by molar-refractivity contribution is -0.137. The zero-order valence-electron chi connectivity index (χ0n) is 18.5. The van der Waals surface area contributed by atoms with Crippen molar-refractivity contribution in [1.29, 1.82) is 5.26 Å². The molecule has 1 amide bonds. The van der Waals surface area contributed by atoms with Gasteiger partial charge in [-0.1, -0.05) is 0 Å². The van der Waals surface area contributed by atoms with Crippen molar-refractivity contribution in [2.45, 2.75) is 74.2 Å². The van der Waals surface area contributed by atoms with Crippen molar-refractivity contribution in [3.63, 3.8) is 0 Å². The van der Waals surface area contributed by atoms with E-state index in [1.807, 2.05) is 0 Å². The van der Waals surface area contributed by atoms with Gasteiger partial charge in [-0.2, -0.15) is 18.4 Å². The average Bonchev–Trinajstić information content (AvgIpc) is 3.05. The van der Waals surface area contributed by atoms with Crippen molar-refractivity contribution in [2.24, 2.45) is 11.8 Å². The predicted molar refractivity (Wildman–Crippen MR) is 112 cm³/mol. The Morgan fingerprint density at radius 3 is 2.41 bits per heavy atom. The second-order valence-electron chi connectivity index (χ2n) is 10.7. The Bertz CT molecular complexity index is 990. The van der Waals surface area contributed by atoms with Gasteiger partial charge in [0, 0.05) is 23.7 Å². The highest BCUT2D eigenvalue weighted by Gasteiger charge is 2.58. The summed E-state index contributed by atoms with van der Waals surface area (Å²) in [7, 11) is 0. The predicted octanol–water partition coefficient (Wildman–Crippen LogP) is 3.95. The maximum atomic E-state index is 13.8. The Hall–Kier alpha value is -2.48. The zero-order chi connectivity index (χ0) is 24.4. The van der Waals surface area contributed by atoms with E-state index in [1.165, 1.54) is 6.07 Å². The summed E-state index contributed by atoms with van der Waals surface area (Å²) >= 11 is 0. The fourth-order valence-corrected chi connectivity index (χ4v) is 7.08. The number of carbonyl (C=O) groups excluding carboxylic acids is 1. The molecule has 1 aromatic rings. The van der Waals surface area contributed by atoms with Gasteiger partial charge in [-0.3, -0.25) is 4.79 Å². The molecule has 4 aliphatic carbocycles. The molecule has 0 aromatic carbocycles. The second kappa shape index (κ2) is 7.77. The molecule has 0 spiro atoms. The number of aromatic nitrogens is 1. The number of nitrogens with one attached hydrogen (secondary N) is 2. The second-order valence-corrected chi connectivity index (χ2v) is 10.7. The van der Waals surface area contributed by atoms with Crippen LogP contribution in [-0.2, 0) is 11.0 Å². The first-order valence-electron chi connectivity index (χ1n) is 11.5. The highest BCUT2D eigenvalue weighted by molar-refractivity contribution is 5.79. The number of carbonyl (C=O) groups is 1. The molecule has 3 atom stereocenters. The summed E-state index contributed by atoms with van der Waals surface area (Å²) in [5.74, 6) is -2.38. The zero-order valence-corrected chi connectivity index (χ0v) is 18.5. The van der Waals surface area contributed by atoms with Crippen LogP contribution < -0.4 is 10.6 Å². The minimum absolute atomic E-state index is 0.123. The Labute approximate surface area is 193 Å². The first kappa shape index (κ1) is 23.3. The Morgan fingerprint density at radius 1 is 1.15 bits per heavy atom. The fraction of sp³-hybridized carbons (Fsp3) is 0.696. The minimum Gasteiger partial charge on any atom is -0.365 e. The standard InChI is InChI=1S/C23H26F5N5O/c24-22(25)8-17(9-29)33(13-22)19(34)11-31-20-4-14-3-15(5-20)7-21(6-14,12-20)32-18-2-1-16(10-30-18)23(26,27)28/h1-2,10,14-15,17,31H,3-8,11-13H2,(H,30,32). The lowest BCUT2D eigenvalue weighted by Crippen LogP contribution is -2.67. The molecule has 3 unspecified atom stereocenters. The molecule has 5 fully saturated rings. The molecule has 1 aromatic heterocycles. The topological polar surface area (TPSA) is 81.0 Å². The maximum Gasteiger partial charge on any atom is 0.417 e. The molecule has 0 radical (unpaired) electrons. The average molecular weight is 483 g/mol. The summed E-state index contributed by atoms with van der Waals surface area (Å²) in [6.45, 7) is -0.864. The number of hydrogen-bond acceptors (Lipinski definition) is 5. The molecule has 6 rings (SSSR count). The number of rotatable bonds is 5. The first-order chi connectivity index (χ1) is 15.9. The van der Waals surface area contributed by atoms with Crippen LogP contribution in [0.5, 0.6) is 0 Å². The SMILES string of the molecule is N#CC1CC(F)(F)CN1C(=O)CNC12CC3CC(C1)CC(Nc1ccc(C(F)(F)F)cn1)(C3)C2. The lowest BCUT2D eigenvalue weighted by atomic mass is 9.50. The van der Waals surface area contributed by atoms with E-state index >= 15 is 0 Å². The van der Waals surface area contributed by atoms with Gasteiger partial charge in [-0.05, 0) is 62.5 Å². The highest BCUT2D eigenvalue weighted by Crippen LogP contribution is 2.58. The monoisotopic (exact) mass is 483 g/mol. The summed E-state index contributed by atoms with van der Waals surface area (Å²) in [4.78, 5) is 17.7. The van der Waals surface area contributed by atoms with E-state index in [-0.39, 0.29) is 17.6 Å². The molecule has 11 heteroatoms. The van der Waals surface area contributed by atoms with Crippen molar-refractivity contribution in [3.05, 3.63) is 23.9 Å². The molecule has 1 saturated heterocycles. The summed E-state index contributed by atoms with van der Waals surface area (Å²) < 4.78 is 66.1. The van der Waals surface area contributed by atoms with Crippen molar-refractivity contribution < 1.29 is 26.7 Å². The molecule has 2 N–H and O–H groups in total. The van der Waals surface area contributed by atoms with Crippen LogP contribution in [0.25, 0.3) is 0 Å². The van der Waals surface area contributed by atoms with E-state index in [0.29, 0.717) is 24.1 Å². The summed E-state index contributed by atoms with van der Waals surface area (Å²) in [5, 5.41) is 15.9. The van der Waals surface area contributed by atoms with Gasteiger partial charge in [0.25, 0.3) is 5.92 Å². The van der Waals surface area contributed by atoms with Gasteiger partial charge in [0.15, 0.2) is 0 Å². The number of nitrogens with zero attached hydrogens (tertiary/aromatic N) is 3. The van der Waals surface area contributed by atoms with Gasteiger partial charge in [-0.15, -0.1) is 0 Å². The molecule has 184 valence electrons. The van der Waals surface area contributed by atoms with E-state index in [4.69, 9.17) is 0 Å². The van der Waals surface area contributed by atoms with Crippen molar-refractivity contribution in [1.82, 2.24) is 15.2 Å². The third-order valence-electron chi connectivity index (χ3n) is 7.90. The van der Waals surface area contributed by atoms with E-state index < -0.39 is 42.6 Å². The Balaban J connectivity index is 1.28. The van der Waals surface area contributed by atoms with Gasteiger partial charge >= 0.3 is 6.18 Å². The van der Waals surface area contributed by atoms with E-state index in [2.05, 4.69) is 15.6 Å². The summed E-state index contributed by atoms with van der Waals surface area (Å²) in [6, 6.07) is 3.04. The number of halogens is 5. The van der Waals surface area contributed by atoms with Crippen LogP contribution in [-0.4, -0.2) is 51.9 Å². The van der Waals surface area contributed by atoms with Crippen LogP contribution in [0.3, 0.4) is 0 Å². The number of likely N-dealkylation sites (tertiary alicyclic amines) is 1. The molecular weight excluding hydrogens is 457 g/mol. The number of hydrogen-bond donors (Lipinski definition) is 2. The molecule has 34 heavy (non-hydrogen) atoms. The van der Waals surface area contributed by atoms with E-state index in [9.17, 15) is 32.0 Å². The molecule has 6 nitrogen and oxygen atoms in total. The number of anilines is 1. The van der Waals surface area contributed by atoms with Gasteiger partial charge in [-0.25, -0.2) is 13.8 Å². The van der Waals surface area contributed by atoms with Gasteiger partial charge in [0.1, 0.15) is 11.9 Å². The van der Waals surface area contributed by atoms with Crippen molar-refractivity contribution >= 4 is 11.7 Å². The molecule has 4 saturated carbocycles. The molecular formula is C23H26F5N5O. The minimum atomic E-state index is -4.45. The van der Waals surface area contributed by atoms with Crippen LogP contribution in [0.2, 0.25) is 0 Å². The van der Waals surface area contributed by atoms with Crippen molar-refractivity contribution in [3.8, 4) is 6.07 Å². The van der Waals surface area contributed by atoms with Crippen LogP contribution in [0.15, 0.2) is 18.3 Å². The van der Waals surface area contributed by atoms with Crippen LogP contribution >= 0.6 is 0 Å². The van der Waals surface area contributed by atoms with Crippen LogP contribution in [0.1, 0.15) is 50.5 Å². The van der Waals surface area contributed by atoms with E-state index in [0.717, 1.165) is 49.3 Å². The summed E-state index contributed by atoms with van der Waals surface area (Å²) in [5.41, 5.74) is -1.51. The van der Waals surface area contributed by atoms with Crippen LogP contribution in [0.4, 0.5) is 27.8 Å². The maximum absolute atomic E-state index is 13.8. The fourth-order valence-electron chi connectivity index (χ4n) is 7.08. The molecule has 1 aliphatic heterocycles. The smallest absolute Gasteiger partial charge is 0.365 e. The van der Waals surface area contributed by atoms with Gasteiger partial charge in [0.05, 0.1) is 24.7 Å². The van der Waals surface area contributed by atoms with Gasteiger partial charge in [0.2, 0.25) is 5.91 Å². The highest BCUT2D eigenvalue weighted by atomic mass is 19.4. The molecule has 2 heterocycles. The van der Waals surface area contributed by atoms with E-state index in [1.54, 1.807) is 6.07 Å².